The largest absolute Gasteiger partial charge is 0.294 e. The molecule has 1 aromatic carbocycles. The van der Waals surface area contributed by atoms with Crippen LogP contribution in [0.1, 0.15) is 56.5 Å². The minimum atomic E-state index is -0.332. The summed E-state index contributed by atoms with van der Waals surface area (Å²) in [6.07, 6.45) is 1.48. The maximum Gasteiger partial charge on any atom is 0.163 e. The van der Waals surface area contributed by atoms with Crippen LogP contribution in [0.25, 0.3) is 0 Å². The first-order chi connectivity index (χ1) is 8.17. The molecule has 2 heteroatoms. The molecule has 0 heterocycles. The van der Waals surface area contributed by atoms with E-state index in [4.69, 9.17) is 0 Å². The van der Waals surface area contributed by atoms with E-state index in [1.54, 1.807) is 13.0 Å². The molecule has 0 fully saturated rings. The summed E-state index contributed by atoms with van der Waals surface area (Å²) in [5, 5.41) is 0. The quantitative estimate of drug-likeness (QED) is 0.703. The molecule has 1 nitrogen and oxygen atoms in total. The Balaban J connectivity index is 2.70. The van der Waals surface area contributed by atoms with Gasteiger partial charge in [0.05, 0.1) is 0 Å². The molecule has 1 aromatic rings. The first-order valence-electron chi connectivity index (χ1n) is 6.48. The zero-order chi connectivity index (χ0) is 13.9. The van der Waals surface area contributed by atoms with Crippen LogP contribution in [0.3, 0.4) is 0 Å². The molecule has 0 radical (unpaired) electrons. The standard InChI is InChI=1S/C16H23FO/c1-11-6-13(9-14(17)7-11)15(18)8-12(2)10-16(3,4)5/h6-7,9,12H,8,10H2,1-5H3. The Kier molecular flexibility index (Phi) is 4.66. The lowest BCUT2D eigenvalue weighted by Gasteiger charge is -2.22. The molecule has 0 saturated heterocycles. The zero-order valence-electron chi connectivity index (χ0n) is 12.0. The van der Waals surface area contributed by atoms with Gasteiger partial charge in [0.25, 0.3) is 0 Å². The summed E-state index contributed by atoms with van der Waals surface area (Å²) in [5.74, 6) is 0.0252. The summed E-state index contributed by atoms with van der Waals surface area (Å²) in [6.45, 7) is 10.4. The normalized spacial score (nSPS) is 13.4. The Hall–Kier alpha value is -1.18. The molecule has 0 aliphatic heterocycles. The molecule has 18 heavy (non-hydrogen) atoms. The number of Topliss-reactive ketones (excluding diaryl/α,β-unsaturated/α-hetero) is 1. The molecule has 100 valence electrons. The third-order valence-electron chi connectivity index (χ3n) is 2.86. The molecular formula is C16H23FO. The molecule has 1 atom stereocenters. The Morgan fingerprint density at radius 2 is 1.89 bits per heavy atom. The molecule has 0 aliphatic rings. The number of aryl methyl sites for hydroxylation is 1. The minimum absolute atomic E-state index is 0.0364. The van der Waals surface area contributed by atoms with Crippen molar-refractivity contribution in [3.63, 3.8) is 0 Å². The zero-order valence-corrected chi connectivity index (χ0v) is 12.0. The second kappa shape index (κ2) is 5.64. The minimum Gasteiger partial charge on any atom is -0.294 e. The fraction of sp³-hybridized carbons (Fsp3) is 0.562. The maximum absolute atomic E-state index is 13.2. The number of ketones is 1. The van der Waals surface area contributed by atoms with Gasteiger partial charge < -0.3 is 0 Å². The summed E-state index contributed by atoms with van der Waals surface area (Å²) in [5.41, 5.74) is 1.51. The van der Waals surface area contributed by atoms with Crippen LogP contribution in [0.2, 0.25) is 0 Å². The maximum atomic E-state index is 13.2. The lowest BCUT2D eigenvalue weighted by Crippen LogP contribution is -2.14. The van der Waals surface area contributed by atoms with Crippen molar-refractivity contribution < 1.29 is 9.18 Å². The number of hydrogen-bond acceptors (Lipinski definition) is 1. The van der Waals surface area contributed by atoms with Crippen molar-refractivity contribution in [2.24, 2.45) is 11.3 Å². The van der Waals surface area contributed by atoms with Crippen molar-refractivity contribution in [3.8, 4) is 0 Å². The van der Waals surface area contributed by atoms with E-state index in [1.807, 2.05) is 0 Å². The average molecular weight is 250 g/mol. The van der Waals surface area contributed by atoms with Gasteiger partial charge in [-0.05, 0) is 48.4 Å². The van der Waals surface area contributed by atoms with Gasteiger partial charge in [-0.15, -0.1) is 0 Å². The highest BCUT2D eigenvalue weighted by Crippen LogP contribution is 2.27. The lowest BCUT2D eigenvalue weighted by atomic mass is 9.83. The van der Waals surface area contributed by atoms with Gasteiger partial charge in [0, 0.05) is 12.0 Å². The summed E-state index contributed by atoms with van der Waals surface area (Å²) in [7, 11) is 0. The van der Waals surface area contributed by atoms with Crippen LogP contribution in [0.4, 0.5) is 4.39 Å². The van der Waals surface area contributed by atoms with E-state index in [0.717, 1.165) is 12.0 Å². The molecule has 0 saturated carbocycles. The van der Waals surface area contributed by atoms with Crippen LogP contribution in [0, 0.1) is 24.1 Å². The summed E-state index contributed by atoms with van der Waals surface area (Å²) in [6, 6.07) is 4.53. The smallest absolute Gasteiger partial charge is 0.163 e. The third-order valence-corrected chi connectivity index (χ3v) is 2.86. The van der Waals surface area contributed by atoms with Crippen molar-refractivity contribution >= 4 is 5.78 Å². The van der Waals surface area contributed by atoms with E-state index in [0.29, 0.717) is 17.9 Å². The van der Waals surface area contributed by atoms with E-state index in [-0.39, 0.29) is 17.0 Å². The highest BCUT2D eigenvalue weighted by atomic mass is 19.1. The van der Waals surface area contributed by atoms with E-state index in [1.165, 1.54) is 12.1 Å². The van der Waals surface area contributed by atoms with Crippen molar-refractivity contribution in [3.05, 3.63) is 35.1 Å². The van der Waals surface area contributed by atoms with E-state index in [9.17, 15) is 9.18 Å². The summed E-state index contributed by atoms with van der Waals surface area (Å²) < 4.78 is 13.2. The van der Waals surface area contributed by atoms with Gasteiger partial charge in [0.2, 0.25) is 0 Å². The second-order valence-corrected chi connectivity index (χ2v) is 6.51. The first kappa shape index (κ1) is 14.9. The van der Waals surface area contributed by atoms with Crippen molar-refractivity contribution in [2.75, 3.05) is 0 Å². The average Bonchev–Trinajstić information content (AvgIpc) is 2.12. The SMILES string of the molecule is Cc1cc(F)cc(C(=O)CC(C)CC(C)(C)C)c1. The molecule has 0 spiro atoms. The Bertz CT molecular complexity index is 409. The highest BCUT2D eigenvalue weighted by molar-refractivity contribution is 5.96. The monoisotopic (exact) mass is 250 g/mol. The predicted octanol–water partition coefficient (Wildman–Crippen LogP) is 4.78. The van der Waals surface area contributed by atoms with Gasteiger partial charge in [0.1, 0.15) is 5.82 Å². The molecule has 1 rings (SSSR count). The molecule has 0 N–H and O–H groups in total. The van der Waals surface area contributed by atoms with Crippen molar-refractivity contribution in [1.29, 1.82) is 0 Å². The van der Waals surface area contributed by atoms with Crippen LogP contribution in [-0.4, -0.2) is 5.78 Å². The van der Waals surface area contributed by atoms with Crippen LogP contribution in [0.5, 0.6) is 0 Å². The van der Waals surface area contributed by atoms with Crippen LogP contribution >= 0.6 is 0 Å². The number of carbonyl (C=O) groups is 1. The van der Waals surface area contributed by atoms with Gasteiger partial charge in [0.15, 0.2) is 5.78 Å². The molecular weight excluding hydrogens is 227 g/mol. The van der Waals surface area contributed by atoms with E-state index in [2.05, 4.69) is 27.7 Å². The van der Waals surface area contributed by atoms with Crippen LogP contribution in [-0.2, 0) is 0 Å². The Labute approximate surface area is 109 Å². The number of hydrogen-bond donors (Lipinski definition) is 0. The molecule has 0 bridgehead atoms. The Morgan fingerprint density at radius 1 is 1.28 bits per heavy atom. The number of benzene rings is 1. The molecule has 1 unspecified atom stereocenters. The topological polar surface area (TPSA) is 17.1 Å². The predicted molar refractivity (Wildman–Crippen MR) is 73.3 cm³/mol. The Morgan fingerprint density at radius 3 is 2.39 bits per heavy atom. The number of halogens is 1. The van der Waals surface area contributed by atoms with E-state index < -0.39 is 0 Å². The summed E-state index contributed by atoms with van der Waals surface area (Å²) >= 11 is 0. The fourth-order valence-corrected chi connectivity index (χ4v) is 2.45. The van der Waals surface area contributed by atoms with Crippen LogP contribution in [0.15, 0.2) is 18.2 Å². The number of carbonyl (C=O) groups excluding carboxylic acids is 1. The van der Waals surface area contributed by atoms with Gasteiger partial charge in [-0.1, -0.05) is 27.7 Å². The first-order valence-corrected chi connectivity index (χ1v) is 6.48. The molecule has 0 aliphatic carbocycles. The van der Waals surface area contributed by atoms with Crippen LogP contribution < -0.4 is 0 Å². The van der Waals surface area contributed by atoms with Gasteiger partial charge in [-0.3, -0.25) is 4.79 Å². The third kappa shape index (κ3) is 4.99. The fourth-order valence-electron chi connectivity index (χ4n) is 2.45. The summed E-state index contributed by atoms with van der Waals surface area (Å²) in [4.78, 5) is 12.1. The lowest BCUT2D eigenvalue weighted by molar-refractivity contribution is 0.0954. The van der Waals surface area contributed by atoms with Crippen molar-refractivity contribution in [2.45, 2.75) is 47.5 Å². The van der Waals surface area contributed by atoms with Gasteiger partial charge in [-0.2, -0.15) is 0 Å². The molecule has 0 aromatic heterocycles. The van der Waals surface area contributed by atoms with Gasteiger partial charge in [-0.25, -0.2) is 4.39 Å². The van der Waals surface area contributed by atoms with Gasteiger partial charge >= 0.3 is 0 Å². The van der Waals surface area contributed by atoms with E-state index >= 15 is 0 Å². The number of rotatable bonds is 4. The van der Waals surface area contributed by atoms with Crippen molar-refractivity contribution in [1.82, 2.24) is 0 Å². The molecule has 0 amide bonds. The highest BCUT2D eigenvalue weighted by Gasteiger charge is 2.18. The second-order valence-electron chi connectivity index (χ2n) is 6.51.